The number of nitrogens with zero attached hydrogens (tertiary/aromatic N) is 2. The van der Waals surface area contributed by atoms with E-state index in [2.05, 4.69) is 15.6 Å². The summed E-state index contributed by atoms with van der Waals surface area (Å²) in [6.45, 7) is 0.0807. The summed E-state index contributed by atoms with van der Waals surface area (Å²) in [7, 11) is 1.51. The van der Waals surface area contributed by atoms with Gasteiger partial charge in [0.25, 0.3) is 0 Å². The molecule has 29 heavy (non-hydrogen) atoms. The first-order valence-electron chi connectivity index (χ1n) is 9.00. The second-order valence-electron chi connectivity index (χ2n) is 6.92. The van der Waals surface area contributed by atoms with Gasteiger partial charge >= 0.3 is 12.4 Å². The van der Waals surface area contributed by atoms with Gasteiger partial charge < -0.3 is 15.4 Å². The molecular formula is C18H24F6N4O. The molecule has 1 heterocycles. The molecule has 1 aliphatic heterocycles. The van der Waals surface area contributed by atoms with Crippen LogP contribution >= 0.6 is 0 Å². The minimum atomic E-state index is -4.45. The maximum atomic E-state index is 12.5. The molecule has 0 amide bonds. The quantitative estimate of drug-likeness (QED) is 0.417. The zero-order valence-electron chi connectivity index (χ0n) is 16.1. The van der Waals surface area contributed by atoms with Crippen molar-refractivity contribution in [2.24, 2.45) is 4.99 Å². The van der Waals surface area contributed by atoms with Crippen LogP contribution in [-0.4, -0.2) is 62.5 Å². The Kier molecular flexibility index (Phi) is 7.61. The number of aliphatic imine (C=N–C) groups is 1. The van der Waals surface area contributed by atoms with E-state index < -0.39 is 25.5 Å². The first kappa shape index (κ1) is 23.1. The molecule has 1 fully saturated rings. The summed E-state index contributed by atoms with van der Waals surface area (Å²) in [6, 6.07) is 4.72. The van der Waals surface area contributed by atoms with E-state index in [4.69, 9.17) is 4.74 Å². The Morgan fingerprint density at radius 1 is 1.21 bits per heavy atom. The van der Waals surface area contributed by atoms with Gasteiger partial charge in [0, 0.05) is 38.3 Å². The van der Waals surface area contributed by atoms with Crippen molar-refractivity contribution in [2.45, 2.75) is 38.3 Å². The summed E-state index contributed by atoms with van der Waals surface area (Å²) in [5.41, 5.74) is 1.26. The third kappa shape index (κ3) is 8.38. The molecule has 0 spiro atoms. The van der Waals surface area contributed by atoms with Gasteiger partial charge in [0.2, 0.25) is 0 Å². The monoisotopic (exact) mass is 426 g/mol. The fourth-order valence-electron chi connectivity index (χ4n) is 3.02. The molecular weight excluding hydrogens is 402 g/mol. The highest BCUT2D eigenvalue weighted by atomic mass is 19.4. The van der Waals surface area contributed by atoms with Crippen LogP contribution in [0.5, 0.6) is 5.75 Å². The van der Waals surface area contributed by atoms with Gasteiger partial charge in [0.15, 0.2) is 12.6 Å². The Labute approximate surface area is 165 Å². The molecule has 164 valence electrons. The van der Waals surface area contributed by atoms with Gasteiger partial charge in [0.1, 0.15) is 5.75 Å². The van der Waals surface area contributed by atoms with Gasteiger partial charge in [-0.2, -0.15) is 26.3 Å². The summed E-state index contributed by atoms with van der Waals surface area (Å²) in [4.78, 5) is 5.35. The van der Waals surface area contributed by atoms with Gasteiger partial charge in [-0.1, -0.05) is 12.1 Å². The maximum Gasteiger partial charge on any atom is 0.422 e. The normalized spacial score (nSPS) is 18.8. The van der Waals surface area contributed by atoms with E-state index in [1.807, 2.05) is 0 Å². The SMILES string of the molecule is CN=C(NCc1ccc(C)cc1OCC(F)(F)F)NC1CCN(CC(F)(F)F)C1. The Balaban J connectivity index is 1.91. The lowest BCUT2D eigenvalue weighted by Gasteiger charge is -2.20. The lowest BCUT2D eigenvalue weighted by atomic mass is 10.1. The van der Waals surface area contributed by atoms with Crippen molar-refractivity contribution >= 4 is 5.96 Å². The van der Waals surface area contributed by atoms with Crippen LogP contribution in [0.2, 0.25) is 0 Å². The van der Waals surface area contributed by atoms with Crippen LogP contribution in [0.25, 0.3) is 0 Å². The number of halogens is 6. The summed E-state index contributed by atoms with van der Waals surface area (Å²) in [6.07, 6.45) is -8.16. The number of hydrogen-bond acceptors (Lipinski definition) is 3. The summed E-state index contributed by atoms with van der Waals surface area (Å²) in [5.74, 6) is 0.466. The van der Waals surface area contributed by atoms with Crippen LogP contribution in [0.1, 0.15) is 17.5 Å². The number of rotatable bonds is 6. The van der Waals surface area contributed by atoms with E-state index in [0.717, 1.165) is 5.56 Å². The van der Waals surface area contributed by atoms with E-state index in [1.165, 1.54) is 18.0 Å². The number of alkyl halides is 6. The van der Waals surface area contributed by atoms with E-state index >= 15 is 0 Å². The topological polar surface area (TPSA) is 48.9 Å². The predicted octanol–water partition coefficient (Wildman–Crippen LogP) is 3.24. The van der Waals surface area contributed by atoms with Crippen molar-refractivity contribution in [2.75, 3.05) is 33.3 Å². The minimum absolute atomic E-state index is 0.113. The summed E-state index contributed by atoms with van der Waals surface area (Å²) in [5, 5.41) is 6.02. The Morgan fingerprint density at radius 3 is 2.55 bits per heavy atom. The van der Waals surface area contributed by atoms with Crippen LogP contribution in [0.15, 0.2) is 23.2 Å². The van der Waals surface area contributed by atoms with Crippen LogP contribution < -0.4 is 15.4 Å². The highest BCUT2D eigenvalue weighted by Crippen LogP contribution is 2.24. The van der Waals surface area contributed by atoms with Crippen molar-refractivity contribution in [3.05, 3.63) is 29.3 Å². The van der Waals surface area contributed by atoms with Crippen molar-refractivity contribution in [3.63, 3.8) is 0 Å². The lowest BCUT2D eigenvalue weighted by Crippen LogP contribution is -2.45. The molecule has 1 saturated heterocycles. The molecule has 0 aliphatic carbocycles. The highest BCUT2D eigenvalue weighted by molar-refractivity contribution is 5.80. The molecule has 0 bridgehead atoms. The molecule has 0 radical (unpaired) electrons. The first-order chi connectivity index (χ1) is 13.4. The van der Waals surface area contributed by atoms with Crippen LogP contribution in [0.3, 0.4) is 0 Å². The molecule has 1 aromatic carbocycles. The molecule has 2 rings (SSSR count). The van der Waals surface area contributed by atoms with E-state index in [1.54, 1.807) is 19.1 Å². The lowest BCUT2D eigenvalue weighted by molar-refractivity contribution is -0.153. The number of ether oxygens (including phenoxy) is 1. The van der Waals surface area contributed by atoms with Crippen LogP contribution in [-0.2, 0) is 6.54 Å². The molecule has 11 heteroatoms. The maximum absolute atomic E-state index is 12.5. The Bertz CT molecular complexity index is 705. The van der Waals surface area contributed by atoms with Gasteiger partial charge in [-0.3, -0.25) is 9.89 Å². The molecule has 1 atom stereocenters. The standard InChI is InChI=1S/C18H24F6N4O/c1-12-3-4-13(15(7-12)29-11-18(22,23)24)8-26-16(25-2)27-14-5-6-28(9-14)10-17(19,20)21/h3-4,7,14H,5-6,8-11H2,1-2H3,(H2,25,26,27). The molecule has 1 unspecified atom stereocenters. The average molecular weight is 426 g/mol. The van der Waals surface area contributed by atoms with Gasteiger partial charge in [-0.25, -0.2) is 0 Å². The molecule has 5 nitrogen and oxygen atoms in total. The smallest absolute Gasteiger partial charge is 0.422 e. The average Bonchev–Trinajstić information content (AvgIpc) is 3.02. The highest BCUT2D eigenvalue weighted by Gasteiger charge is 2.34. The number of benzene rings is 1. The number of likely N-dealkylation sites (tertiary alicyclic amines) is 1. The van der Waals surface area contributed by atoms with Crippen molar-refractivity contribution < 1.29 is 31.1 Å². The number of nitrogens with one attached hydrogen (secondary N) is 2. The second kappa shape index (κ2) is 9.55. The number of aryl methyl sites for hydroxylation is 1. The number of guanidine groups is 1. The molecule has 1 aliphatic rings. The van der Waals surface area contributed by atoms with E-state index in [0.29, 0.717) is 24.5 Å². The van der Waals surface area contributed by atoms with Crippen LogP contribution in [0.4, 0.5) is 26.3 Å². The van der Waals surface area contributed by atoms with Gasteiger partial charge in [-0.15, -0.1) is 0 Å². The fourth-order valence-corrected chi connectivity index (χ4v) is 3.02. The molecule has 0 saturated carbocycles. The zero-order valence-corrected chi connectivity index (χ0v) is 16.1. The van der Waals surface area contributed by atoms with Crippen molar-refractivity contribution in [1.82, 2.24) is 15.5 Å². The number of hydrogen-bond donors (Lipinski definition) is 2. The van der Waals surface area contributed by atoms with E-state index in [9.17, 15) is 26.3 Å². The summed E-state index contributed by atoms with van der Waals surface area (Å²) < 4.78 is 79.8. The predicted molar refractivity (Wildman–Crippen MR) is 97.0 cm³/mol. The van der Waals surface area contributed by atoms with Crippen molar-refractivity contribution in [1.29, 1.82) is 0 Å². The third-order valence-corrected chi connectivity index (χ3v) is 4.30. The van der Waals surface area contributed by atoms with E-state index in [-0.39, 0.29) is 24.9 Å². The Hall–Kier alpha value is -2.17. The first-order valence-corrected chi connectivity index (χ1v) is 9.00. The largest absolute Gasteiger partial charge is 0.484 e. The molecule has 2 N–H and O–H groups in total. The minimum Gasteiger partial charge on any atom is -0.484 e. The Morgan fingerprint density at radius 2 is 1.93 bits per heavy atom. The fraction of sp³-hybridized carbons (Fsp3) is 0.611. The van der Waals surface area contributed by atoms with Gasteiger partial charge in [0.05, 0.1) is 6.54 Å². The molecule has 1 aromatic rings. The molecule has 0 aromatic heterocycles. The van der Waals surface area contributed by atoms with Gasteiger partial charge in [-0.05, 0) is 25.0 Å². The second-order valence-corrected chi connectivity index (χ2v) is 6.92. The van der Waals surface area contributed by atoms with Crippen LogP contribution in [0, 0.1) is 6.92 Å². The van der Waals surface area contributed by atoms with Crippen molar-refractivity contribution in [3.8, 4) is 5.75 Å². The summed E-state index contributed by atoms with van der Waals surface area (Å²) >= 11 is 0. The third-order valence-electron chi connectivity index (χ3n) is 4.30. The zero-order chi connectivity index (χ0) is 21.7.